The number of hydrogen-bond acceptors (Lipinski definition) is 6. The van der Waals surface area contributed by atoms with Crippen LogP contribution >= 0.6 is 0 Å². The molecule has 0 amide bonds. The van der Waals surface area contributed by atoms with E-state index in [1.165, 1.54) is 12.6 Å². The number of benzene rings is 1. The van der Waals surface area contributed by atoms with Gasteiger partial charge < -0.3 is 9.84 Å². The number of nitrogens with zero attached hydrogens (tertiary/aromatic N) is 2. The highest BCUT2D eigenvalue weighted by Gasteiger charge is 2.09. The molecule has 0 aliphatic carbocycles. The number of rotatable bonds is 6. The Kier molecular flexibility index (Phi) is 4.51. The summed E-state index contributed by atoms with van der Waals surface area (Å²) in [6.45, 7) is 2.74. The third-order valence-electron chi connectivity index (χ3n) is 3.01. The Morgan fingerprint density at radius 1 is 1.30 bits per heavy atom. The maximum Gasteiger partial charge on any atom is 0.213 e. The first kappa shape index (κ1) is 14.7. The molecule has 108 valence electrons. The van der Waals surface area contributed by atoms with Crippen LogP contribution < -0.4 is 5.32 Å². The van der Waals surface area contributed by atoms with Gasteiger partial charge >= 0.3 is 0 Å². The van der Waals surface area contributed by atoms with Crippen LogP contribution in [-0.2, 0) is 16.3 Å². The molecule has 1 aromatic carbocycles. The van der Waals surface area contributed by atoms with E-state index in [0.717, 1.165) is 5.56 Å². The van der Waals surface area contributed by atoms with Crippen LogP contribution in [0.15, 0.2) is 40.1 Å². The van der Waals surface area contributed by atoms with Crippen molar-refractivity contribution in [1.82, 2.24) is 15.5 Å². The molecule has 1 unspecified atom stereocenters. The second kappa shape index (κ2) is 6.15. The first-order chi connectivity index (χ1) is 9.47. The molecule has 1 heterocycles. The Morgan fingerprint density at radius 2 is 2.00 bits per heavy atom. The van der Waals surface area contributed by atoms with Gasteiger partial charge in [0.05, 0.1) is 4.90 Å². The highest BCUT2D eigenvalue weighted by atomic mass is 32.2. The van der Waals surface area contributed by atoms with Crippen molar-refractivity contribution in [3.8, 4) is 0 Å². The van der Waals surface area contributed by atoms with E-state index in [4.69, 9.17) is 0 Å². The number of aromatic nitrogens is 2. The summed E-state index contributed by atoms with van der Waals surface area (Å²) < 4.78 is 27.4. The van der Waals surface area contributed by atoms with E-state index in [9.17, 15) is 8.42 Å². The van der Waals surface area contributed by atoms with Crippen LogP contribution in [0.25, 0.3) is 0 Å². The summed E-state index contributed by atoms with van der Waals surface area (Å²) in [6, 6.07) is 7.02. The molecule has 0 aliphatic rings. The lowest BCUT2D eigenvalue weighted by molar-refractivity contribution is 0.408. The first-order valence-corrected chi connectivity index (χ1v) is 8.14. The molecule has 0 bridgehead atoms. The Balaban J connectivity index is 1.90. The topological polar surface area (TPSA) is 85.1 Å². The average molecular weight is 295 g/mol. The lowest BCUT2D eigenvalue weighted by atomic mass is 10.1. The van der Waals surface area contributed by atoms with Crippen LogP contribution in [0.1, 0.15) is 24.4 Å². The maximum absolute atomic E-state index is 11.4. The molecule has 0 saturated carbocycles. The Labute approximate surface area is 118 Å². The van der Waals surface area contributed by atoms with Crippen molar-refractivity contribution in [1.29, 1.82) is 0 Å². The average Bonchev–Trinajstić information content (AvgIpc) is 2.91. The number of sulfone groups is 1. The van der Waals surface area contributed by atoms with Crippen molar-refractivity contribution < 1.29 is 12.9 Å². The summed E-state index contributed by atoms with van der Waals surface area (Å²) in [4.78, 5) is 4.27. The largest absolute Gasteiger partial charge is 0.343 e. The molecule has 1 N–H and O–H groups in total. The summed E-state index contributed by atoms with van der Waals surface area (Å²) >= 11 is 0. The van der Waals surface area contributed by atoms with Gasteiger partial charge in [0.25, 0.3) is 0 Å². The van der Waals surface area contributed by atoms with Crippen LogP contribution in [0.2, 0.25) is 0 Å². The van der Waals surface area contributed by atoms with Crippen molar-refractivity contribution in [3.63, 3.8) is 0 Å². The highest BCUT2D eigenvalue weighted by Crippen LogP contribution is 2.16. The number of hydrogen-bond donors (Lipinski definition) is 1. The van der Waals surface area contributed by atoms with Gasteiger partial charge in [-0.15, -0.1) is 0 Å². The summed E-state index contributed by atoms with van der Waals surface area (Å²) in [5.74, 6) is 0.664. The molecule has 1 atom stereocenters. The van der Waals surface area contributed by atoms with E-state index < -0.39 is 9.84 Å². The Morgan fingerprint density at radius 3 is 2.55 bits per heavy atom. The summed E-state index contributed by atoms with van der Waals surface area (Å²) in [7, 11) is -3.14. The van der Waals surface area contributed by atoms with Crippen LogP contribution in [0.4, 0.5) is 0 Å². The van der Waals surface area contributed by atoms with Gasteiger partial charge in [0.15, 0.2) is 15.7 Å². The van der Waals surface area contributed by atoms with Crippen molar-refractivity contribution in [2.24, 2.45) is 0 Å². The molecule has 0 radical (unpaired) electrons. The van der Waals surface area contributed by atoms with Crippen LogP contribution in [0, 0.1) is 0 Å². The predicted molar refractivity (Wildman–Crippen MR) is 74.0 cm³/mol. The predicted octanol–water partition coefficient (Wildman–Crippen LogP) is 1.37. The summed E-state index contributed by atoms with van der Waals surface area (Å²) in [5, 5.41) is 7.06. The normalized spacial score (nSPS) is 13.3. The zero-order chi connectivity index (χ0) is 14.6. The zero-order valence-corrected chi connectivity index (χ0v) is 12.2. The van der Waals surface area contributed by atoms with E-state index in [-0.39, 0.29) is 6.04 Å². The van der Waals surface area contributed by atoms with Crippen molar-refractivity contribution >= 4 is 9.84 Å². The minimum atomic E-state index is -3.14. The van der Waals surface area contributed by atoms with E-state index >= 15 is 0 Å². The fourth-order valence-electron chi connectivity index (χ4n) is 1.82. The highest BCUT2D eigenvalue weighted by molar-refractivity contribution is 7.90. The third-order valence-corrected chi connectivity index (χ3v) is 4.14. The fraction of sp³-hybridized carbons (Fsp3) is 0.385. The van der Waals surface area contributed by atoms with Gasteiger partial charge in [0, 0.05) is 25.3 Å². The fourth-order valence-corrected chi connectivity index (χ4v) is 2.46. The molecule has 0 saturated heterocycles. The Bertz CT molecular complexity index is 636. The van der Waals surface area contributed by atoms with Crippen LogP contribution in [-0.4, -0.2) is 31.4 Å². The van der Waals surface area contributed by atoms with Crippen molar-refractivity contribution in [2.45, 2.75) is 24.3 Å². The van der Waals surface area contributed by atoms with Crippen LogP contribution in [0.5, 0.6) is 0 Å². The third kappa shape index (κ3) is 3.88. The molecule has 20 heavy (non-hydrogen) atoms. The molecular formula is C13H17N3O3S. The van der Waals surface area contributed by atoms with E-state index in [2.05, 4.69) is 20.0 Å². The monoisotopic (exact) mass is 295 g/mol. The van der Waals surface area contributed by atoms with E-state index in [0.29, 0.717) is 23.7 Å². The molecule has 1 aromatic heterocycles. The molecule has 6 nitrogen and oxygen atoms in total. The zero-order valence-electron chi connectivity index (χ0n) is 11.4. The quantitative estimate of drug-likeness (QED) is 0.866. The molecule has 7 heteroatoms. The minimum Gasteiger partial charge on any atom is -0.343 e. The molecule has 0 spiro atoms. The van der Waals surface area contributed by atoms with Gasteiger partial charge in [-0.25, -0.2) is 8.42 Å². The molecular weight excluding hydrogens is 278 g/mol. The SMILES string of the molecule is CC(NCCc1ncon1)c1ccc(S(C)(=O)=O)cc1. The van der Waals surface area contributed by atoms with Crippen molar-refractivity contribution in [2.75, 3.05) is 12.8 Å². The summed E-state index contributed by atoms with van der Waals surface area (Å²) in [5.41, 5.74) is 1.03. The molecule has 0 fully saturated rings. The molecule has 2 aromatic rings. The summed E-state index contributed by atoms with van der Waals surface area (Å²) in [6.07, 6.45) is 3.19. The second-order valence-corrected chi connectivity index (χ2v) is 6.63. The standard InChI is InChI=1S/C13H17N3O3S/c1-10(14-8-7-13-15-9-19-16-13)11-3-5-12(6-4-11)20(2,17)18/h3-6,9-10,14H,7-8H2,1-2H3. The molecule has 2 rings (SSSR count). The minimum absolute atomic E-state index is 0.121. The first-order valence-electron chi connectivity index (χ1n) is 6.25. The van der Waals surface area contributed by atoms with Gasteiger partial charge in [-0.05, 0) is 24.6 Å². The van der Waals surface area contributed by atoms with Gasteiger partial charge in [-0.2, -0.15) is 4.98 Å². The lowest BCUT2D eigenvalue weighted by Gasteiger charge is -2.13. The van der Waals surface area contributed by atoms with Gasteiger partial charge in [0.2, 0.25) is 6.39 Å². The van der Waals surface area contributed by atoms with Crippen molar-refractivity contribution in [3.05, 3.63) is 42.0 Å². The van der Waals surface area contributed by atoms with Crippen LogP contribution in [0.3, 0.4) is 0 Å². The Hall–Kier alpha value is -1.73. The second-order valence-electron chi connectivity index (χ2n) is 4.61. The smallest absolute Gasteiger partial charge is 0.213 e. The molecule has 0 aliphatic heterocycles. The van der Waals surface area contributed by atoms with E-state index in [1.54, 1.807) is 12.1 Å². The van der Waals surface area contributed by atoms with E-state index in [1.807, 2.05) is 19.1 Å². The van der Waals surface area contributed by atoms with Gasteiger partial charge in [0.1, 0.15) is 0 Å². The lowest BCUT2D eigenvalue weighted by Crippen LogP contribution is -2.21. The van der Waals surface area contributed by atoms with Gasteiger partial charge in [-0.1, -0.05) is 17.3 Å². The van der Waals surface area contributed by atoms with Gasteiger partial charge in [-0.3, -0.25) is 0 Å². The number of nitrogens with one attached hydrogen (secondary N) is 1. The maximum atomic E-state index is 11.4.